The highest BCUT2D eigenvalue weighted by atomic mass is 32.2. The van der Waals surface area contributed by atoms with E-state index in [1.807, 2.05) is 0 Å². The van der Waals surface area contributed by atoms with Crippen LogP contribution in [0.1, 0.15) is 41.5 Å². The van der Waals surface area contributed by atoms with Crippen molar-refractivity contribution in [1.29, 1.82) is 0 Å². The van der Waals surface area contributed by atoms with Crippen molar-refractivity contribution in [3.63, 3.8) is 0 Å². The largest absolute Gasteiger partial charge is 0.444 e. The van der Waals surface area contributed by atoms with Gasteiger partial charge in [0, 0.05) is 39.3 Å². The zero-order valence-electron chi connectivity index (χ0n) is 21.9. The van der Waals surface area contributed by atoms with E-state index in [0.29, 0.717) is 26.2 Å². The molecule has 2 amide bonds. The van der Waals surface area contributed by atoms with Crippen LogP contribution in [0, 0.1) is 0 Å². The quantitative estimate of drug-likeness (QED) is 0.285. The van der Waals surface area contributed by atoms with Gasteiger partial charge in [0.25, 0.3) is 0 Å². The molecular weight excluding hydrogens is 516 g/mol. The molecule has 2 saturated heterocycles. The Morgan fingerprint density at radius 1 is 0.722 bits per heavy atom. The van der Waals surface area contributed by atoms with E-state index in [2.05, 4.69) is 9.44 Å². The minimum atomic E-state index is -3.33. The van der Waals surface area contributed by atoms with Crippen molar-refractivity contribution in [2.75, 3.05) is 50.8 Å². The first kappa shape index (κ1) is 32.3. The molecule has 2 aliphatic heterocycles. The molecule has 2 rings (SSSR count). The Hall–Kier alpha value is -1.72. The Morgan fingerprint density at radius 3 is 1.22 bits per heavy atom. The van der Waals surface area contributed by atoms with Crippen LogP contribution in [-0.4, -0.2) is 113 Å². The van der Waals surface area contributed by atoms with E-state index in [1.165, 1.54) is 9.80 Å². The summed E-state index contributed by atoms with van der Waals surface area (Å²) in [6.45, 7) is 12.2. The normalized spacial score (nSPS) is 17.4. The monoisotopic (exact) mass is 558 g/mol. The highest BCUT2D eigenvalue weighted by molar-refractivity contribution is 7.89. The second kappa shape index (κ2) is 12.7. The Bertz CT molecular complexity index is 870. The van der Waals surface area contributed by atoms with Crippen molar-refractivity contribution >= 4 is 32.2 Å². The maximum Gasteiger partial charge on any atom is 0.410 e. The lowest BCUT2D eigenvalue weighted by molar-refractivity contribution is 0.00659. The fraction of sp³-hybridized carbons (Fsp3) is 0.900. The van der Waals surface area contributed by atoms with E-state index in [4.69, 9.17) is 20.9 Å². The first-order chi connectivity index (χ1) is 16.3. The SMILES string of the molecule is CC(C)(C)OC(=O)N1CC(NS(=O)(=O)CCN)C1.CC(C)(C)OC(=O)N1CC(NS(=O)(=O)CCN)C1. The van der Waals surface area contributed by atoms with Gasteiger partial charge in [-0.25, -0.2) is 35.9 Å². The molecule has 0 aliphatic carbocycles. The molecule has 0 bridgehead atoms. The third kappa shape index (κ3) is 12.5. The molecule has 0 aromatic carbocycles. The van der Waals surface area contributed by atoms with Gasteiger partial charge in [0.1, 0.15) is 11.2 Å². The van der Waals surface area contributed by atoms with E-state index in [9.17, 15) is 26.4 Å². The van der Waals surface area contributed by atoms with Gasteiger partial charge in [-0.2, -0.15) is 0 Å². The van der Waals surface area contributed by atoms with Crippen LogP contribution in [-0.2, 0) is 29.5 Å². The molecule has 0 aromatic heterocycles. The Balaban J connectivity index is 0.000000360. The average molecular weight is 559 g/mol. The third-order valence-corrected chi connectivity index (χ3v) is 7.46. The van der Waals surface area contributed by atoms with Gasteiger partial charge in [-0.3, -0.25) is 0 Å². The summed E-state index contributed by atoms with van der Waals surface area (Å²) in [7, 11) is -6.66. The lowest BCUT2D eigenvalue weighted by Crippen LogP contribution is -2.61. The highest BCUT2D eigenvalue weighted by Gasteiger charge is 2.36. The zero-order valence-corrected chi connectivity index (χ0v) is 23.6. The van der Waals surface area contributed by atoms with Crippen molar-refractivity contribution in [2.45, 2.75) is 64.8 Å². The van der Waals surface area contributed by atoms with Gasteiger partial charge in [-0.1, -0.05) is 0 Å². The Kier molecular flexibility index (Phi) is 11.4. The summed E-state index contributed by atoms with van der Waals surface area (Å²) in [4.78, 5) is 26.1. The number of likely N-dealkylation sites (tertiary alicyclic amines) is 2. The predicted octanol–water partition coefficient (Wildman–Crippen LogP) is -1.03. The molecule has 2 heterocycles. The molecule has 0 spiro atoms. The van der Waals surface area contributed by atoms with Crippen LogP contribution in [0.25, 0.3) is 0 Å². The highest BCUT2D eigenvalue weighted by Crippen LogP contribution is 2.16. The fourth-order valence-electron chi connectivity index (χ4n) is 2.99. The van der Waals surface area contributed by atoms with Gasteiger partial charge in [0.2, 0.25) is 20.0 Å². The van der Waals surface area contributed by atoms with E-state index >= 15 is 0 Å². The van der Waals surface area contributed by atoms with E-state index in [1.54, 1.807) is 41.5 Å². The van der Waals surface area contributed by atoms with Gasteiger partial charge < -0.3 is 30.7 Å². The maximum absolute atomic E-state index is 11.6. The number of hydrogen-bond donors (Lipinski definition) is 4. The third-order valence-electron chi connectivity index (χ3n) is 4.53. The first-order valence-corrected chi connectivity index (χ1v) is 14.9. The van der Waals surface area contributed by atoms with Crippen LogP contribution in [0.5, 0.6) is 0 Å². The Labute approximate surface area is 214 Å². The number of sulfonamides is 2. The number of ether oxygens (including phenoxy) is 2. The summed E-state index contributed by atoms with van der Waals surface area (Å²) in [5.41, 5.74) is 9.30. The predicted molar refractivity (Wildman–Crippen MR) is 135 cm³/mol. The van der Waals surface area contributed by atoms with Crippen LogP contribution in [0.2, 0.25) is 0 Å². The number of nitrogens with two attached hydrogens (primary N) is 2. The number of nitrogens with one attached hydrogen (secondary N) is 2. The lowest BCUT2D eigenvalue weighted by Gasteiger charge is -2.39. The van der Waals surface area contributed by atoms with Gasteiger partial charge in [0.15, 0.2) is 0 Å². The second-order valence-corrected chi connectivity index (χ2v) is 14.4. The van der Waals surface area contributed by atoms with Crippen LogP contribution in [0.4, 0.5) is 9.59 Å². The molecule has 36 heavy (non-hydrogen) atoms. The number of carbonyl (C=O) groups excluding carboxylic acids is 2. The molecule has 2 fully saturated rings. The standard InChI is InChI=1S/2C10H21N3O4S/c2*1-10(2,3)17-9(14)13-6-8(7-13)12-18(15,16)5-4-11/h2*8,12H,4-7,11H2,1-3H3. The molecular formula is C20H42N6O8S2. The molecule has 6 N–H and O–H groups in total. The molecule has 14 nitrogen and oxygen atoms in total. The minimum absolute atomic E-state index is 0.0812. The summed E-state index contributed by atoms with van der Waals surface area (Å²) in [6.07, 6.45) is -0.839. The van der Waals surface area contributed by atoms with Crippen molar-refractivity contribution < 1.29 is 35.9 Å². The van der Waals surface area contributed by atoms with Crippen molar-refractivity contribution in [3.05, 3.63) is 0 Å². The zero-order chi connectivity index (χ0) is 27.9. The molecule has 0 saturated carbocycles. The lowest BCUT2D eigenvalue weighted by atomic mass is 10.1. The summed E-state index contributed by atoms with van der Waals surface area (Å²) in [5, 5.41) is 0. The summed E-state index contributed by atoms with van der Waals surface area (Å²) >= 11 is 0. The summed E-state index contributed by atoms with van der Waals surface area (Å²) in [5.74, 6) is -0.203. The van der Waals surface area contributed by atoms with Gasteiger partial charge in [-0.15, -0.1) is 0 Å². The number of nitrogens with zero attached hydrogens (tertiary/aromatic N) is 2. The van der Waals surface area contributed by atoms with Gasteiger partial charge in [0.05, 0.1) is 23.6 Å². The summed E-state index contributed by atoms with van der Waals surface area (Å²) in [6, 6.07) is -0.483. The number of rotatable bonds is 8. The first-order valence-electron chi connectivity index (χ1n) is 11.6. The topological polar surface area (TPSA) is 203 Å². The molecule has 2 aliphatic rings. The molecule has 0 aromatic rings. The number of hydrogen-bond acceptors (Lipinski definition) is 10. The Morgan fingerprint density at radius 2 is 1.00 bits per heavy atom. The van der Waals surface area contributed by atoms with E-state index in [-0.39, 0.29) is 36.7 Å². The smallest absolute Gasteiger partial charge is 0.410 e. The molecule has 0 radical (unpaired) electrons. The number of amides is 2. The minimum Gasteiger partial charge on any atom is -0.444 e. The molecule has 212 valence electrons. The summed E-state index contributed by atoms with van der Waals surface area (Å²) < 4.78 is 60.9. The molecule has 0 unspecified atom stereocenters. The maximum atomic E-state index is 11.6. The van der Waals surface area contributed by atoms with Crippen LogP contribution in [0.15, 0.2) is 0 Å². The number of carbonyl (C=O) groups is 2. The van der Waals surface area contributed by atoms with Gasteiger partial charge >= 0.3 is 12.2 Å². The molecule has 16 heteroatoms. The van der Waals surface area contributed by atoms with Crippen LogP contribution >= 0.6 is 0 Å². The van der Waals surface area contributed by atoms with Crippen LogP contribution < -0.4 is 20.9 Å². The van der Waals surface area contributed by atoms with Crippen molar-refractivity contribution in [2.24, 2.45) is 11.5 Å². The molecule has 0 atom stereocenters. The van der Waals surface area contributed by atoms with Gasteiger partial charge in [-0.05, 0) is 41.5 Å². The fourth-order valence-corrected chi connectivity index (χ4v) is 5.16. The van der Waals surface area contributed by atoms with Crippen molar-refractivity contribution in [3.8, 4) is 0 Å². The second-order valence-electron chi connectivity index (χ2n) is 10.6. The van der Waals surface area contributed by atoms with E-state index in [0.717, 1.165) is 0 Å². The van der Waals surface area contributed by atoms with Crippen molar-refractivity contribution in [1.82, 2.24) is 19.2 Å². The average Bonchev–Trinajstić information content (AvgIpc) is 2.57. The van der Waals surface area contributed by atoms with E-state index < -0.39 is 43.4 Å². The van der Waals surface area contributed by atoms with Crippen LogP contribution in [0.3, 0.4) is 0 Å².